The Morgan fingerprint density at radius 3 is 2.26 bits per heavy atom. The highest BCUT2D eigenvalue weighted by Crippen LogP contribution is 2.13. The Hall–Kier alpha value is -1.55. The molecule has 3 N–H and O–H groups in total. The van der Waals surface area contributed by atoms with E-state index in [0.29, 0.717) is 5.96 Å². The van der Waals surface area contributed by atoms with Crippen molar-refractivity contribution in [3.05, 3.63) is 29.3 Å². The maximum Gasteiger partial charge on any atom is 0.193 e. The molecule has 0 bridgehead atoms. The number of guanidine groups is 1. The summed E-state index contributed by atoms with van der Waals surface area (Å²) in [5.74, 6) is 0.483. The lowest BCUT2D eigenvalue weighted by Crippen LogP contribution is -2.28. The van der Waals surface area contributed by atoms with Crippen LogP contribution in [0.25, 0.3) is 0 Å². The first-order chi connectivity index (χ1) is 9.05. The van der Waals surface area contributed by atoms with Gasteiger partial charge < -0.3 is 16.0 Å². The SMILES string of the molecule is CCN(CC)CCN=C(N)Nc1cc(C)cc(C)c1. The average molecular weight is 262 g/mol. The van der Waals surface area contributed by atoms with Crippen molar-refractivity contribution in [2.75, 3.05) is 31.5 Å². The van der Waals surface area contributed by atoms with Crippen LogP contribution in [0.1, 0.15) is 25.0 Å². The largest absolute Gasteiger partial charge is 0.370 e. The molecule has 1 aromatic carbocycles. The van der Waals surface area contributed by atoms with Gasteiger partial charge in [0.15, 0.2) is 5.96 Å². The first kappa shape index (κ1) is 15.5. The second kappa shape index (κ2) is 7.79. The van der Waals surface area contributed by atoms with Gasteiger partial charge in [0.2, 0.25) is 0 Å². The summed E-state index contributed by atoms with van der Waals surface area (Å²) in [6, 6.07) is 6.28. The first-order valence-corrected chi connectivity index (χ1v) is 6.92. The number of likely N-dealkylation sites (N-methyl/N-ethyl adjacent to an activating group) is 1. The molecule has 0 heterocycles. The topological polar surface area (TPSA) is 53.6 Å². The zero-order chi connectivity index (χ0) is 14.3. The van der Waals surface area contributed by atoms with Gasteiger partial charge in [0, 0.05) is 12.2 Å². The Morgan fingerprint density at radius 2 is 1.74 bits per heavy atom. The van der Waals surface area contributed by atoms with Gasteiger partial charge >= 0.3 is 0 Å². The van der Waals surface area contributed by atoms with E-state index in [2.05, 4.69) is 61.1 Å². The molecule has 0 radical (unpaired) electrons. The quantitative estimate of drug-likeness (QED) is 0.611. The van der Waals surface area contributed by atoms with Gasteiger partial charge in [-0.3, -0.25) is 4.99 Å². The minimum Gasteiger partial charge on any atom is -0.370 e. The predicted octanol–water partition coefficient (Wildman–Crippen LogP) is 2.37. The molecule has 0 saturated carbocycles. The lowest BCUT2D eigenvalue weighted by atomic mass is 10.1. The van der Waals surface area contributed by atoms with Gasteiger partial charge in [-0.05, 0) is 50.2 Å². The number of benzene rings is 1. The highest BCUT2D eigenvalue weighted by Gasteiger charge is 1.99. The average Bonchev–Trinajstić information content (AvgIpc) is 2.33. The van der Waals surface area contributed by atoms with Gasteiger partial charge in [0.1, 0.15) is 0 Å². The van der Waals surface area contributed by atoms with Crippen LogP contribution < -0.4 is 11.1 Å². The highest BCUT2D eigenvalue weighted by atomic mass is 15.1. The van der Waals surface area contributed by atoms with Crippen LogP contribution in [0.5, 0.6) is 0 Å². The molecule has 19 heavy (non-hydrogen) atoms. The zero-order valence-electron chi connectivity index (χ0n) is 12.5. The third kappa shape index (κ3) is 5.75. The Bertz CT molecular complexity index is 402. The summed E-state index contributed by atoms with van der Waals surface area (Å²) in [5.41, 5.74) is 9.34. The Labute approximate surface area is 116 Å². The molecule has 0 saturated heterocycles. The molecular weight excluding hydrogens is 236 g/mol. The normalized spacial score (nSPS) is 11.9. The molecule has 0 fully saturated rings. The molecule has 106 valence electrons. The molecule has 4 nitrogen and oxygen atoms in total. The second-order valence-electron chi connectivity index (χ2n) is 4.80. The molecule has 1 rings (SSSR count). The Kier molecular flexibility index (Phi) is 6.36. The van der Waals surface area contributed by atoms with E-state index in [9.17, 15) is 0 Å². The van der Waals surface area contributed by atoms with Crippen LogP contribution >= 0.6 is 0 Å². The molecule has 1 aromatic rings. The van der Waals surface area contributed by atoms with Crippen LogP contribution in [-0.2, 0) is 0 Å². The van der Waals surface area contributed by atoms with E-state index in [-0.39, 0.29) is 0 Å². The van der Waals surface area contributed by atoms with Gasteiger partial charge in [-0.1, -0.05) is 19.9 Å². The van der Waals surface area contributed by atoms with Gasteiger partial charge in [-0.15, -0.1) is 0 Å². The van der Waals surface area contributed by atoms with Gasteiger partial charge in [-0.25, -0.2) is 0 Å². The number of nitrogens with two attached hydrogens (primary N) is 1. The van der Waals surface area contributed by atoms with Crippen molar-refractivity contribution >= 4 is 11.6 Å². The van der Waals surface area contributed by atoms with Crippen molar-refractivity contribution in [2.45, 2.75) is 27.7 Å². The van der Waals surface area contributed by atoms with Crippen molar-refractivity contribution in [1.29, 1.82) is 0 Å². The Morgan fingerprint density at radius 1 is 1.16 bits per heavy atom. The van der Waals surface area contributed by atoms with Crippen molar-refractivity contribution in [1.82, 2.24) is 4.90 Å². The number of nitrogens with one attached hydrogen (secondary N) is 1. The van der Waals surface area contributed by atoms with Crippen LogP contribution in [0.15, 0.2) is 23.2 Å². The highest BCUT2D eigenvalue weighted by molar-refractivity contribution is 5.92. The summed E-state index contributed by atoms with van der Waals surface area (Å²) in [7, 11) is 0. The summed E-state index contributed by atoms with van der Waals surface area (Å²) >= 11 is 0. The van der Waals surface area contributed by atoms with E-state index >= 15 is 0 Å². The molecule has 0 spiro atoms. The molecule has 0 aromatic heterocycles. The summed E-state index contributed by atoms with van der Waals surface area (Å²) in [6.07, 6.45) is 0. The van der Waals surface area contributed by atoms with E-state index in [4.69, 9.17) is 5.73 Å². The number of hydrogen-bond acceptors (Lipinski definition) is 2. The fourth-order valence-electron chi connectivity index (χ4n) is 2.09. The number of aliphatic imine (C=N–C) groups is 1. The van der Waals surface area contributed by atoms with Crippen molar-refractivity contribution in [3.8, 4) is 0 Å². The number of nitrogens with zero attached hydrogens (tertiary/aromatic N) is 2. The summed E-state index contributed by atoms with van der Waals surface area (Å²) in [6.45, 7) is 12.2. The van der Waals surface area contributed by atoms with E-state index in [1.165, 1.54) is 11.1 Å². The summed E-state index contributed by atoms with van der Waals surface area (Å²) in [4.78, 5) is 6.68. The molecule has 0 atom stereocenters. The second-order valence-corrected chi connectivity index (χ2v) is 4.80. The van der Waals surface area contributed by atoms with Gasteiger partial charge in [-0.2, -0.15) is 0 Å². The fraction of sp³-hybridized carbons (Fsp3) is 0.533. The third-order valence-electron chi connectivity index (χ3n) is 3.09. The summed E-state index contributed by atoms with van der Waals surface area (Å²) in [5, 5.41) is 3.14. The third-order valence-corrected chi connectivity index (χ3v) is 3.09. The number of anilines is 1. The molecule has 4 heteroatoms. The number of rotatable bonds is 6. The molecular formula is C15H26N4. The maximum atomic E-state index is 5.90. The van der Waals surface area contributed by atoms with Gasteiger partial charge in [0.25, 0.3) is 0 Å². The van der Waals surface area contributed by atoms with Crippen molar-refractivity contribution < 1.29 is 0 Å². The maximum absolute atomic E-state index is 5.90. The van der Waals surface area contributed by atoms with Crippen LogP contribution in [0, 0.1) is 13.8 Å². The predicted molar refractivity (Wildman–Crippen MR) is 83.8 cm³/mol. The van der Waals surface area contributed by atoms with Crippen LogP contribution in [0.3, 0.4) is 0 Å². The Balaban J connectivity index is 2.51. The fourth-order valence-corrected chi connectivity index (χ4v) is 2.09. The van der Waals surface area contributed by atoms with Crippen molar-refractivity contribution in [2.24, 2.45) is 10.7 Å². The molecule has 0 aliphatic heterocycles. The van der Waals surface area contributed by atoms with Crippen LogP contribution in [0.4, 0.5) is 5.69 Å². The van der Waals surface area contributed by atoms with Crippen LogP contribution in [0.2, 0.25) is 0 Å². The van der Waals surface area contributed by atoms with Gasteiger partial charge in [0.05, 0.1) is 6.54 Å². The van der Waals surface area contributed by atoms with Crippen LogP contribution in [-0.4, -0.2) is 37.0 Å². The standard InChI is InChI=1S/C15H26N4/c1-5-19(6-2)8-7-17-15(16)18-14-10-12(3)9-13(4)11-14/h9-11H,5-8H2,1-4H3,(H3,16,17,18). The van der Waals surface area contributed by atoms with E-state index in [1.807, 2.05) is 0 Å². The molecule has 0 aliphatic rings. The monoisotopic (exact) mass is 262 g/mol. The van der Waals surface area contributed by atoms with E-state index in [1.54, 1.807) is 0 Å². The number of hydrogen-bond donors (Lipinski definition) is 2. The smallest absolute Gasteiger partial charge is 0.193 e. The van der Waals surface area contributed by atoms with E-state index in [0.717, 1.165) is 31.9 Å². The minimum absolute atomic E-state index is 0.483. The minimum atomic E-state index is 0.483. The number of aryl methyl sites for hydroxylation is 2. The zero-order valence-corrected chi connectivity index (χ0v) is 12.5. The lowest BCUT2D eigenvalue weighted by molar-refractivity contribution is 0.313. The van der Waals surface area contributed by atoms with Crippen molar-refractivity contribution in [3.63, 3.8) is 0 Å². The molecule has 0 aliphatic carbocycles. The lowest BCUT2D eigenvalue weighted by Gasteiger charge is -2.16. The molecule has 0 amide bonds. The van der Waals surface area contributed by atoms with E-state index < -0.39 is 0 Å². The molecule has 0 unspecified atom stereocenters. The summed E-state index contributed by atoms with van der Waals surface area (Å²) < 4.78 is 0. The first-order valence-electron chi connectivity index (χ1n) is 6.92.